The smallest absolute Gasteiger partial charge is 0.306 e. The Hall–Kier alpha value is -2.37. The van der Waals surface area contributed by atoms with Crippen molar-refractivity contribution in [3.63, 3.8) is 0 Å². The SMILES string of the molecule is CCCCC/C=C\C/C=C\CCCCCCCCCCCC(=O)OCC(COC(=O)CCCCCCCC)OC(=O)CCCCCCCCC/C=C\CCCCCCCC. The highest BCUT2D eigenvalue weighted by molar-refractivity contribution is 5.71. The van der Waals surface area contributed by atoms with Crippen LogP contribution < -0.4 is 0 Å². The molecule has 6 nitrogen and oxygen atoms in total. The van der Waals surface area contributed by atoms with E-state index in [0.717, 1.165) is 64.2 Å². The standard InChI is InChI=1S/C54H98O6/c1-4-7-10-13-16-18-20-22-24-26-27-29-30-32-34-36-38-41-44-47-53(56)59-50-51(49-58-52(55)46-43-40-15-12-9-6-3)60-54(57)48-45-42-39-37-35-33-31-28-25-23-21-19-17-14-11-8-5-2/h16,18,22-25,51H,4-15,17,19-21,26-50H2,1-3H3/b18-16-,24-22-,25-23-. The Morgan fingerprint density at radius 3 is 0.967 bits per heavy atom. The summed E-state index contributed by atoms with van der Waals surface area (Å²) < 4.78 is 16.7. The molecule has 0 aromatic rings. The van der Waals surface area contributed by atoms with Crippen molar-refractivity contribution in [1.29, 1.82) is 0 Å². The van der Waals surface area contributed by atoms with E-state index in [2.05, 4.69) is 57.2 Å². The molecule has 0 N–H and O–H groups in total. The summed E-state index contributed by atoms with van der Waals surface area (Å²) in [5.74, 6) is -0.883. The van der Waals surface area contributed by atoms with Gasteiger partial charge in [-0.15, -0.1) is 0 Å². The molecule has 0 aliphatic carbocycles. The van der Waals surface area contributed by atoms with Crippen molar-refractivity contribution in [3.05, 3.63) is 36.5 Å². The van der Waals surface area contributed by atoms with Crippen LogP contribution in [0.3, 0.4) is 0 Å². The molecule has 0 rings (SSSR count). The summed E-state index contributed by atoms with van der Waals surface area (Å²) in [7, 11) is 0. The molecule has 0 saturated heterocycles. The predicted molar refractivity (Wildman–Crippen MR) is 256 cm³/mol. The van der Waals surface area contributed by atoms with Gasteiger partial charge in [0.25, 0.3) is 0 Å². The fraction of sp³-hybridized carbons (Fsp3) is 0.833. The quantitative estimate of drug-likeness (QED) is 0.0263. The zero-order valence-corrected chi connectivity index (χ0v) is 40.0. The van der Waals surface area contributed by atoms with Crippen LogP contribution in [0.5, 0.6) is 0 Å². The summed E-state index contributed by atoms with van der Waals surface area (Å²) >= 11 is 0. The fourth-order valence-electron chi connectivity index (χ4n) is 7.41. The van der Waals surface area contributed by atoms with Crippen LogP contribution in [0.2, 0.25) is 0 Å². The molecule has 0 fully saturated rings. The number of rotatable bonds is 47. The Labute approximate surface area is 372 Å². The maximum atomic E-state index is 12.7. The van der Waals surface area contributed by atoms with Crippen LogP contribution in [-0.4, -0.2) is 37.2 Å². The third-order valence-corrected chi connectivity index (χ3v) is 11.4. The van der Waals surface area contributed by atoms with E-state index in [4.69, 9.17) is 14.2 Å². The normalized spacial score (nSPS) is 12.2. The third kappa shape index (κ3) is 46.7. The lowest BCUT2D eigenvalue weighted by Crippen LogP contribution is -2.30. The van der Waals surface area contributed by atoms with Gasteiger partial charge < -0.3 is 14.2 Å². The minimum atomic E-state index is -0.770. The molecule has 60 heavy (non-hydrogen) atoms. The van der Waals surface area contributed by atoms with E-state index < -0.39 is 6.10 Å². The third-order valence-electron chi connectivity index (χ3n) is 11.4. The van der Waals surface area contributed by atoms with Crippen LogP contribution >= 0.6 is 0 Å². The summed E-state index contributed by atoms with van der Waals surface area (Å²) in [4.78, 5) is 37.7. The molecule has 1 unspecified atom stereocenters. The number of hydrogen-bond acceptors (Lipinski definition) is 6. The Morgan fingerprint density at radius 2 is 0.600 bits per heavy atom. The lowest BCUT2D eigenvalue weighted by molar-refractivity contribution is -0.167. The second-order valence-electron chi connectivity index (χ2n) is 17.4. The first-order valence-electron chi connectivity index (χ1n) is 26.0. The largest absolute Gasteiger partial charge is 0.462 e. The van der Waals surface area contributed by atoms with E-state index in [1.54, 1.807) is 0 Å². The minimum Gasteiger partial charge on any atom is -0.462 e. The van der Waals surface area contributed by atoms with E-state index in [-0.39, 0.29) is 31.1 Å². The van der Waals surface area contributed by atoms with E-state index in [9.17, 15) is 14.4 Å². The second kappa shape index (κ2) is 49.3. The van der Waals surface area contributed by atoms with Gasteiger partial charge in [0.05, 0.1) is 0 Å². The number of ether oxygens (including phenoxy) is 3. The summed E-state index contributed by atoms with van der Waals surface area (Å²) in [5.41, 5.74) is 0. The molecule has 0 aromatic carbocycles. The summed E-state index contributed by atoms with van der Waals surface area (Å²) in [6, 6.07) is 0. The Bertz CT molecular complexity index is 1020. The zero-order chi connectivity index (χ0) is 43.7. The molecule has 0 aromatic heterocycles. The maximum Gasteiger partial charge on any atom is 0.306 e. The predicted octanol–water partition coefficient (Wildman–Crippen LogP) is 16.9. The van der Waals surface area contributed by atoms with Crippen molar-refractivity contribution in [2.75, 3.05) is 13.2 Å². The zero-order valence-electron chi connectivity index (χ0n) is 40.0. The lowest BCUT2D eigenvalue weighted by Gasteiger charge is -2.18. The highest BCUT2D eigenvalue weighted by Crippen LogP contribution is 2.15. The molecular formula is C54H98O6. The van der Waals surface area contributed by atoms with Crippen LogP contribution in [-0.2, 0) is 28.6 Å². The van der Waals surface area contributed by atoms with Crippen LogP contribution in [0.25, 0.3) is 0 Å². The maximum absolute atomic E-state index is 12.7. The van der Waals surface area contributed by atoms with E-state index in [1.807, 2.05) is 0 Å². The molecule has 0 saturated carbocycles. The van der Waals surface area contributed by atoms with Crippen LogP contribution in [0.15, 0.2) is 36.5 Å². The molecule has 1 atom stereocenters. The number of hydrogen-bond donors (Lipinski definition) is 0. The molecule has 350 valence electrons. The van der Waals surface area contributed by atoms with Gasteiger partial charge in [0, 0.05) is 19.3 Å². The summed E-state index contributed by atoms with van der Waals surface area (Å²) in [5, 5.41) is 0. The van der Waals surface area contributed by atoms with Gasteiger partial charge in [-0.3, -0.25) is 14.4 Å². The van der Waals surface area contributed by atoms with Gasteiger partial charge in [0.2, 0.25) is 0 Å². The number of unbranched alkanes of at least 4 members (excludes halogenated alkanes) is 30. The van der Waals surface area contributed by atoms with Crippen LogP contribution in [0, 0.1) is 0 Å². The number of carbonyl (C=O) groups excluding carboxylic acids is 3. The Kier molecular flexibility index (Phi) is 47.3. The summed E-state index contributed by atoms with van der Waals surface area (Å²) in [6.07, 6.45) is 57.2. The molecule has 0 aliphatic heterocycles. The summed E-state index contributed by atoms with van der Waals surface area (Å²) in [6.45, 7) is 6.56. The van der Waals surface area contributed by atoms with Crippen LogP contribution in [0.1, 0.15) is 271 Å². The van der Waals surface area contributed by atoms with Gasteiger partial charge >= 0.3 is 17.9 Å². The fourth-order valence-corrected chi connectivity index (χ4v) is 7.41. The molecular weight excluding hydrogens is 745 g/mol. The number of esters is 3. The topological polar surface area (TPSA) is 78.9 Å². The van der Waals surface area contributed by atoms with E-state index in [0.29, 0.717) is 19.3 Å². The second-order valence-corrected chi connectivity index (χ2v) is 17.4. The van der Waals surface area contributed by atoms with Gasteiger partial charge in [-0.25, -0.2) is 0 Å². The van der Waals surface area contributed by atoms with Crippen molar-refractivity contribution in [3.8, 4) is 0 Å². The van der Waals surface area contributed by atoms with Gasteiger partial charge in [0.15, 0.2) is 6.10 Å². The highest BCUT2D eigenvalue weighted by Gasteiger charge is 2.19. The molecule has 0 amide bonds. The first-order valence-corrected chi connectivity index (χ1v) is 26.0. The molecule has 0 aliphatic rings. The Morgan fingerprint density at radius 1 is 0.333 bits per heavy atom. The molecule has 0 radical (unpaired) electrons. The lowest BCUT2D eigenvalue weighted by atomic mass is 10.1. The van der Waals surface area contributed by atoms with Gasteiger partial charge in [-0.05, 0) is 77.0 Å². The van der Waals surface area contributed by atoms with Crippen molar-refractivity contribution in [2.24, 2.45) is 0 Å². The Balaban J connectivity index is 4.20. The monoisotopic (exact) mass is 843 g/mol. The van der Waals surface area contributed by atoms with Crippen molar-refractivity contribution >= 4 is 17.9 Å². The van der Waals surface area contributed by atoms with Gasteiger partial charge in [0.1, 0.15) is 13.2 Å². The molecule has 0 spiro atoms. The average Bonchev–Trinajstić information content (AvgIpc) is 3.24. The number of allylic oxidation sites excluding steroid dienone is 6. The van der Waals surface area contributed by atoms with Gasteiger partial charge in [-0.1, -0.05) is 211 Å². The first-order chi connectivity index (χ1) is 29.5. The minimum absolute atomic E-state index is 0.0739. The average molecular weight is 843 g/mol. The van der Waals surface area contributed by atoms with Crippen molar-refractivity contribution in [2.45, 2.75) is 277 Å². The molecule has 6 heteroatoms. The van der Waals surface area contributed by atoms with Crippen molar-refractivity contribution < 1.29 is 28.6 Å². The first kappa shape index (κ1) is 57.6. The van der Waals surface area contributed by atoms with E-state index >= 15 is 0 Å². The van der Waals surface area contributed by atoms with Crippen molar-refractivity contribution in [1.82, 2.24) is 0 Å². The molecule has 0 heterocycles. The van der Waals surface area contributed by atoms with E-state index in [1.165, 1.54) is 167 Å². The highest BCUT2D eigenvalue weighted by atomic mass is 16.6. The number of carbonyl (C=O) groups is 3. The molecule has 0 bridgehead atoms. The van der Waals surface area contributed by atoms with Crippen LogP contribution in [0.4, 0.5) is 0 Å². The van der Waals surface area contributed by atoms with Gasteiger partial charge in [-0.2, -0.15) is 0 Å².